The third-order valence-corrected chi connectivity index (χ3v) is 5.90. The second-order valence-corrected chi connectivity index (χ2v) is 8.08. The van der Waals surface area contributed by atoms with Gasteiger partial charge in [0, 0.05) is 42.6 Å². The lowest BCUT2D eigenvalue weighted by molar-refractivity contribution is 0.0900. The summed E-state index contributed by atoms with van der Waals surface area (Å²) in [6.07, 6.45) is 5.10. The molecule has 0 unspecified atom stereocenters. The highest BCUT2D eigenvalue weighted by atomic mass is 16.5. The van der Waals surface area contributed by atoms with Gasteiger partial charge in [-0.15, -0.1) is 0 Å². The van der Waals surface area contributed by atoms with Crippen LogP contribution in [-0.4, -0.2) is 60.4 Å². The average Bonchev–Trinajstić information content (AvgIpc) is 3.30. The van der Waals surface area contributed by atoms with Crippen LogP contribution in [0.2, 0.25) is 0 Å². The predicted molar refractivity (Wildman–Crippen MR) is 114 cm³/mol. The van der Waals surface area contributed by atoms with Crippen molar-refractivity contribution in [2.45, 2.75) is 44.7 Å². The Morgan fingerprint density at radius 3 is 2.50 bits per heavy atom. The molecule has 1 saturated heterocycles. The van der Waals surface area contributed by atoms with Crippen molar-refractivity contribution in [2.75, 3.05) is 31.2 Å². The van der Waals surface area contributed by atoms with Gasteiger partial charge >= 0.3 is 0 Å². The lowest BCUT2D eigenvalue weighted by atomic mass is 9.90. The minimum Gasteiger partial charge on any atom is -0.378 e. The van der Waals surface area contributed by atoms with Crippen LogP contribution in [-0.2, 0) is 4.74 Å². The van der Waals surface area contributed by atoms with E-state index < -0.39 is 0 Å². The number of rotatable bonds is 5. The van der Waals surface area contributed by atoms with Gasteiger partial charge in [0.15, 0.2) is 0 Å². The number of hydrogen-bond donors (Lipinski definition) is 3. The standard InChI is InChI=1S/C22H29N5O3/c1-15-13-16(5-6-20(15)27-9-11-30-12-10-27)21(28)24-17-3-2-4-18(14-17)25-22(29)19-7-8-23-26-19/h5-8,13,17-18H,2-4,9-12,14H2,1H3,(H,23,26)(H,24,28)(H,25,29)/t17-,18-/m1/s1. The number of morpholine rings is 1. The van der Waals surface area contributed by atoms with E-state index in [4.69, 9.17) is 4.74 Å². The Bertz CT molecular complexity index is 877. The number of carbonyl (C=O) groups excluding carboxylic acids is 2. The Morgan fingerprint density at radius 1 is 1.10 bits per heavy atom. The van der Waals surface area contributed by atoms with E-state index in [0.29, 0.717) is 11.3 Å². The van der Waals surface area contributed by atoms with Crippen LogP contribution in [0, 0.1) is 6.92 Å². The van der Waals surface area contributed by atoms with E-state index in [0.717, 1.165) is 63.2 Å². The van der Waals surface area contributed by atoms with E-state index in [1.807, 2.05) is 25.1 Å². The van der Waals surface area contributed by atoms with E-state index >= 15 is 0 Å². The number of aromatic nitrogens is 2. The number of H-pyrrole nitrogens is 1. The fourth-order valence-corrected chi connectivity index (χ4v) is 4.32. The molecule has 2 fully saturated rings. The molecule has 4 rings (SSSR count). The molecule has 2 amide bonds. The highest BCUT2D eigenvalue weighted by molar-refractivity contribution is 5.95. The van der Waals surface area contributed by atoms with Crippen LogP contribution in [0.1, 0.15) is 52.1 Å². The molecule has 1 saturated carbocycles. The summed E-state index contributed by atoms with van der Waals surface area (Å²) in [5.74, 6) is -0.212. The van der Waals surface area contributed by atoms with E-state index in [1.165, 1.54) is 0 Å². The molecule has 0 bridgehead atoms. The monoisotopic (exact) mass is 411 g/mol. The van der Waals surface area contributed by atoms with Crippen LogP contribution >= 0.6 is 0 Å². The van der Waals surface area contributed by atoms with Crippen molar-refractivity contribution in [2.24, 2.45) is 0 Å². The van der Waals surface area contributed by atoms with Crippen LogP contribution in [0.25, 0.3) is 0 Å². The molecule has 2 aromatic rings. The Morgan fingerprint density at radius 2 is 1.83 bits per heavy atom. The van der Waals surface area contributed by atoms with E-state index in [2.05, 4.69) is 25.7 Å². The quantitative estimate of drug-likeness (QED) is 0.699. The second-order valence-electron chi connectivity index (χ2n) is 8.08. The van der Waals surface area contributed by atoms with Gasteiger partial charge in [-0.05, 0) is 62.4 Å². The lowest BCUT2D eigenvalue weighted by Crippen LogP contribution is -2.45. The zero-order chi connectivity index (χ0) is 20.9. The Balaban J connectivity index is 1.33. The summed E-state index contributed by atoms with van der Waals surface area (Å²) in [6.45, 7) is 5.27. The normalized spacial score (nSPS) is 21.8. The number of anilines is 1. The summed E-state index contributed by atoms with van der Waals surface area (Å²) in [4.78, 5) is 27.4. The molecule has 0 spiro atoms. The summed E-state index contributed by atoms with van der Waals surface area (Å²) in [5, 5.41) is 12.7. The highest BCUT2D eigenvalue weighted by Crippen LogP contribution is 2.23. The van der Waals surface area contributed by atoms with Crippen molar-refractivity contribution in [1.29, 1.82) is 0 Å². The van der Waals surface area contributed by atoms with Crippen molar-refractivity contribution in [3.8, 4) is 0 Å². The zero-order valence-corrected chi connectivity index (χ0v) is 17.3. The van der Waals surface area contributed by atoms with E-state index in [1.54, 1.807) is 12.3 Å². The van der Waals surface area contributed by atoms with Crippen molar-refractivity contribution in [3.05, 3.63) is 47.3 Å². The first-order chi connectivity index (χ1) is 14.6. The van der Waals surface area contributed by atoms with Gasteiger partial charge in [-0.1, -0.05) is 0 Å². The number of hydrogen-bond acceptors (Lipinski definition) is 5. The Labute approximate surface area is 176 Å². The maximum absolute atomic E-state index is 12.8. The summed E-state index contributed by atoms with van der Waals surface area (Å²) in [5.41, 5.74) is 3.39. The molecule has 1 aliphatic carbocycles. The third kappa shape index (κ3) is 4.81. The minimum absolute atomic E-state index is 0.0466. The number of nitrogens with one attached hydrogen (secondary N) is 3. The number of nitrogens with zero attached hydrogens (tertiary/aromatic N) is 2. The molecule has 0 radical (unpaired) electrons. The molecule has 30 heavy (non-hydrogen) atoms. The number of ether oxygens (including phenoxy) is 1. The first-order valence-electron chi connectivity index (χ1n) is 10.6. The van der Waals surface area contributed by atoms with Crippen molar-refractivity contribution in [3.63, 3.8) is 0 Å². The van der Waals surface area contributed by atoms with Gasteiger partial charge in [-0.2, -0.15) is 5.10 Å². The number of carbonyl (C=O) groups is 2. The minimum atomic E-state index is -0.154. The fraction of sp³-hybridized carbons (Fsp3) is 0.500. The number of aromatic amines is 1. The molecule has 8 heteroatoms. The Hall–Kier alpha value is -2.87. The zero-order valence-electron chi connectivity index (χ0n) is 17.3. The molecule has 2 heterocycles. The first kappa shape index (κ1) is 20.4. The van der Waals surface area contributed by atoms with Gasteiger partial charge in [0.05, 0.1) is 13.2 Å². The van der Waals surface area contributed by atoms with Crippen LogP contribution in [0.4, 0.5) is 5.69 Å². The summed E-state index contributed by atoms with van der Waals surface area (Å²) < 4.78 is 5.42. The molecule has 3 N–H and O–H groups in total. The largest absolute Gasteiger partial charge is 0.378 e. The molecular weight excluding hydrogens is 382 g/mol. The first-order valence-corrected chi connectivity index (χ1v) is 10.6. The summed E-state index contributed by atoms with van der Waals surface area (Å²) >= 11 is 0. The molecule has 1 aromatic heterocycles. The van der Waals surface area contributed by atoms with Crippen molar-refractivity contribution < 1.29 is 14.3 Å². The van der Waals surface area contributed by atoms with Crippen LogP contribution in [0.3, 0.4) is 0 Å². The maximum Gasteiger partial charge on any atom is 0.269 e. The van der Waals surface area contributed by atoms with Crippen LogP contribution < -0.4 is 15.5 Å². The molecule has 2 aliphatic rings. The van der Waals surface area contributed by atoms with Crippen LogP contribution in [0.5, 0.6) is 0 Å². The Kier molecular flexibility index (Phi) is 6.32. The van der Waals surface area contributed by atoms with E-state index in [9.17, 15) is 9.59 Å². The van der Waals surface area contributed by atoms with Gasteiger partial charge in [0.2, 0.25) is 0 Å². The van der Waals surface area contributed by atoms with Crippen LogP contribution in [0.15, 0.2) is 30.5 Å². The molecule has 8 nitrogen and oxygen atoms in total. The topological polar surface area (TPSA) is 99.3 Å². The number of amides is 2. The van der Waals surface area contributed by atoms with Crippen molar-refractivity contribution >= 4 is 17.5 Å². The highest BCUT2D eigenvalue weighted by Gasteiger charge is 2.25. The molecule has 1 aromatic carbocycles. The molecule has 1 aliphatic heterocycles. The van der Waals surface area contributed by atoms with Gasteiger partial charge in [-0.25, -0.2) is 0 Å². The third-order valence-electron chi connectivity index (χ3n) is 5.90. The molecule has 160 valence electrons. The fourth-order valence-electron chi connectivity index (χ4n) is 4.32. The second kappa shape index (κ2) is 9.30. The summed E-state index contributed by atoms with van der Waals surface area (Å²) in [6, 6.07) is 7.64. The number of benzene rings is 1. The summed E-state index contributed by atoms with van der Waals surface area (Å²) in [7, 11) is 0. The van der Waals surface area contributed by atoms with Gasteiger partial charge in [0.25, 0.3) is 11.8 Å². The van der Waals surface area contributed by atoms with Crippen molar-refractivity contribution in [1.82, 2.24) is 20.8 Å². The average molecular weight is 412 g/mol. The maximum atomic E-state index is 12.8. The predicted octanol–water partition coefficient (Wildman–Crippen LogP) is 2.03. The smallest absolute Gasteiger partial charge is 0.269 e. The van der Waals surface area contributed by atoms with Gasteiger partial charge < -0.3 is 20.3 Å². The molecule has 2 atom stereocenters. The van der Waals surface area contributed by atoms with Gasteiger partial charge in [0.1, 0.15) is 5.69 Å². The molecular formula is C22H29N5O3. The lowest BCUT2D eigenvalue weighted by Gasteiger charge is -2.31. The SMILES string of the molecule is Cc1cc(C(=O)N[C@@H]2CCC[C@@H](NC(=O)c3ccn[nH]3)C2)ccc1N1CCOCC1. The van der Waals surface area contributed by atoms with E-state index in [-0.39, 0.29) is 23.9 Å². The van der Waals surface area contributed by atoms with Gasteiger partial charge in [-0.3, -0.25) is 14.7 Å². The number of aryl methyl sites for hydroxylation is 1.